The molecule has 112 valence electrons. The second kappa shape index (κ2) is 5.93. The summed E-state index contributed by atoms with van der Waals surface area (Å²) in [6.45, 7) is 0.812. The number of anilines is 2. The Balaban J connectivity index is 1.71. The third-order valence-corrected chi connectivity index (χ3v) is 3.77. The number of hydrogen-bond acceptors (Lipinski definition) is 4. The predicted octanol–water partition coefficient (Wildman–Crippen LogP) is 2.93. The highest BCUT2D eigenvalue weighted by molar-refractivity contribution is 5.77. The highest BCUT2D eigenvalue weighted by Gasteiger charge is 2.15. The SMILES string of the molecule is CN(C)c1ccc(N2CC=C(c3ccc(C=O)cc3)N2)cc1. The summed E-state index contributed by atoms with van der Waals surface area (Å²) in [5, 5.41) is 2.10. The summed E-state index contributed by atoms with van der Waals surface area (Å²) < 4.78 is 0. The zero-order valence-electron chi connectivity index (χ0n) is 12.8. The summed E-state index contributed by atoms with van der Waals surface area (Å²) in [5.74, 6) is 0. The number of carbonyl (C=O) groups excluding carboxylic acids is 1. The highest BCUT2D eigenvalue weighted by atomic mass is 16.1. The van der Waals surface area contributed by atoms with E-state index in [1.165, 1.54) is 5.69 Å². The van der Waals surface area contributed by atoms with Crippen LogP contribution in [0.1, 0.15) is 15.9 Å². The van der Waals surface area contributed by atoms with Crippen LogP contribution in [0.2, 0.25) is 0 Å². The van der Waals surface area contributed by atoms with E-state index < -0.39 is 0 Å². The third-order valence-electron chi connectivity index (χ3n) is 3.77. The molecule has 2 aromatic rings. The fourth-order valence-electron chi connectivity index (χ4n) is 2.44. The van der Waals surface area contributed by atoms with Crippen LogP contribution in [0.4, 0.5) is 11.4 Å². The minimum atomic E-state index is 0.693. The van der Waals surface area contributed by atoms with Crippen LogP contribution in [0.3, 0.4) is 0 Å². The van der Waals surface area contributed by atoms with E-state index in [0.717, 1.165) is 29.8 Å². The third kappa shape index (κ3) is 2.81. The van der Waals surface area contributed by atoms with Crippen molar-refractivity contribution in [2.75, 3.05) is 30.5 Å². The molecule has 0 atom stereocenters. The van der Waals surface area contributed by atoms with Gasteiger partial charge in [-0.05, 0) is 35.9 Å². The van der Waals surface area contributed by atoms with Gasteiger partial charge >= 0.3 is 0 Å². The van der Waals surface area contributed by atoms with E-state index in [9.17, 15) is 4.79 Å². The quantitative estimate of drug-likeness (QED) is 0.879. The van der Waals surface area contributed by atoms with Crippen LogP contribution in [-0.4, -0.2) is 26.9 Å². The average molecular weight is 293 g/mol. The smallest absolute Gasteiger partial charge is 0.150 e. The molecule has 4 heteroatoms. The number of nitrogens with one attached hydrogen (secondary N) is 1. The van der Waals surface area contributed by atoms with E-state index in [2.05, 4.69) is 45.7 Å². The summed E-state index contributed by atoms with van der Waals surface area (Å²) >= 11 is 0. The maximum Gasteiger partial charge on any atom is 0.150 e. The van der Waals surface area contributed by atoms with Gasteiger partial charge in [-0.1, -0.05) is 24.3 Å². The zero-order valence-corrected chi connectivity index (χ0v) is 12.8. The van der Waals surface area contributed by atoms with Crippen molar-refractivity contribution in [1.82, 2.24) is 5.43 Å². The molecular formula is C18H19N3O. The molecule has 0 aromatic heterocycles. The molecule has 0 saturated carbocycles. The molecule has 0 saturated heterocycles. The maximum absolute atomic E-state index is 10.7. The van der Waals surface area contributed by atoms with Gasteiger partial charge < -0.3 is 4.90 Å². The van der Waals surface area contributed by atoms with Crippen molar-refractivity contribution in [2.45, 2.75) is 0 Å². The molecule has 1 heterocycles. The average Bonchev–Trinajstić information content (AvgIpc) is 3.05. The van der Waals surface area contributed by atoms with Crippen LogP contribution in [-0.2, 0) is 0 Å². The van der Waals surface area contributed by atoms with Gasteiger partial charge in [0.05, 0.1) is 17.9 Å². The molecule has 1 aliphatic rings. The molecular weight excluding hydrogens is 274 g/mol. The van der Waals surface area contributed by atoms with Crippen LogP contribution in [0.15, 0.2) is 54.6 Å². The lowest BCUT2D eigenvalue weighted by Gasteiger charge is -2.22. The standard InChI is InChI=1S/C18H19N3O/c1-20(2)16-7-9-17(10-8-16)21-12-11-18(19-21)15-5-3-14(13-22)4-6-15/h3-11,13,19H,12H2,1-2H3. The first-order valence-corrected chi connectivity index (χ1v) is 7.25. The molecule has 0 aliphatic carbocycles. The molecule has 22 heavy (non-hydrogen) atoms. The Kier molecular flexibility index (Phi) is 3.83. The summed E-state index contributed by atoms with van der Waals surface area (Å²) in [7, 11) is 4.07. The topological polar surface area (TPSA) is 35.6 Å². The maximum atomic E-state index is 10.7. The van der Waals surface area contributed by atoms with Gasteiger partial charge in [-0.15, -0.1) is 0 Å². The number of nitrogens with zero attached hydrogens (tertiary/aromatic N) is 2. The van der Waals surface area contributed by atoms with E-state index in [0.29, 0.717) is 5.56 Å². The Bertz CT molecular complexity index is 687. The number of rotatable bonds is 4. The molecule has 0 radical (unpaired) electrons. The van der Waals surface area contributed by atoms with Gasteiger partial charge in [-0.25, -0.2) is 0 Å². The van der Waals surface area contributed by atoms with Crippen molar-refractivity contribution in [2.24, 2.45) is 0 Å². The highest BCUT2D eigenvalue weighted by Crippen LogP contribution is 2.24. The summed E-state index contributed by atoms with van der Waals surface area (Å²) in [4.78, 5) is 12.8. The van der Waals surface area contributed by atoms with Crippen molar-refractivity contribution in [3.05, 3.63) is 65.7 Å². The Hall–Kier alpha value is -2.75. The molecule has 0 bridgehead atoms. The van der Waals surface area contributed by atoms with E-state index in [4.69, 9.17) is 0 Å². The van der Waals surface area contributed by atoms with Gasteiger partial charge in [-0.3, -0.25) is 15.2 Å². The minimum Gasteiger partial charge on any atom is -0.378 e. The zero-order chi connectivity index (χ0) is 15.5. The minimum absolute atomic E-state index is 0.693. The fraction of sp³-hybridized carbons (Fsp3) is 0.167. The molecule has 0 fully saturated rings. The molecule has 0 amide bonds. The second-order valence-electron chi connectivity index (χ2n) is 5.49. The van der Waals surface area contributed by atoms with Crippen molar-refractivity contribution in [3.63, 3.8) is 0 Å². The summed E-state index contributed by atoms with van der Waals surface area (Å²) in [5.41, 5.74) is 8.55. The van der Waals surface area contributed by atoms with Gasteiger partial charge in [0, 0.05) is 25.3 Å². The van der Waals surface area contributed by atoms with Crippen LogP contribution < -0.4 is 15.3 Å². The van der Waals surface area contributed by atoms with Gasteiger partial charge in [0.15, 0.2) is 0 Å². The van der Waals surface area contributed by atoms with Crippen LogP contribution in [0.5, 0.6) is 0 Å². The number of aldehydes is 1. The normalized spacial score (nSPS) is 13.5. The molecule has 2 aromatic carbocycles. The van der Waals surface area contributed by atoms with E-state index >= 15 is 0 Å². The Morgan fingerprint density at radius 2 is 1.73 bits per heavy atom. The van der Waals surface area contributed by atoms with Crippen LogP contribution in [0, 0.1) is 0 Å². The van der Waals surface area contributed by atoms with E-state index in [1.807, 2.05) is 38.4 Å². The van der Waals surface area contributed by atoms with Gasteiger partial charge in [0.2, 0.25) is 0 Å². The van der Waals surface area contributed by atoms with Crippen molar-refractivity contribution in [1.29, 1.82) is 0 Å². The molecule has 4 nitrogen and oxygen atoms in total. The lowest BCUT2D eigenvalue weighted by molar-refractivity contribution is 0.112. The summed E-state index contributed by atoms with van der Waals surface area (Å²) in [6.07, 6.45) is 3.01. The Labute approximate surface area is 130 Å². The van der Waals surface area contributed by atoms with E-state index in [1.54, 1.807) is 0 Å². The lowest BCUT2D eigenvalue weighted by Crippen LogP contribution is -2.31. The van der Waals surface area contributed by atoms with Crippen molar-refractivity contribution >= 4 is 23.4 Å². The monoisotopic (exact) mass is 293 g/mol. The molecule has 1 aliphatic heterocycles. The molecule has 3 rings (SSSR count). The molecule has 1 N–H and O–H groups in total. The van der Waals surface area contributed by atoms with Crippen LogP contribution in [0.25, 0.3) is 5.70 Å². The predicted molar refractivity (Wildman–Crippen MR) is 91.1 cm³/mol. The first-order valence-electron chi connectivity index (χ1n) is 7.25. The number of carbonyl (C=O) groups is 1. The molecule has 0 unspecified atom stereocenters. The Morgan fingerprint density at radius 3 is 2.32 bits per heavy atom. The summed E-state index contributed by atoms with van der Waals surface area (Å²) in [6, 6.07) is 16.0. The second-order valence-corrected chi connectivity index (χ2v) is 5.49. The largest absolute Gasteiger partial charge is 0.378 e. The molecule has 0 spiro atoms. The first kappa shape index (κ1) is 14.2. The van der Waals surface area contributed by atoms with Crippen molar-refractivity contribution < 1.29 is 4.79 Å². The number of hydrogen-bond donors (Lipinski definition) is 1. The van der Waals surface area contributed by atoms with Gasteiger partial charge in [-0.2, -0.15) is 0 Å². The van der Waals surface area contributed by atoms with Crippen molar-refractivity contribution in [3.8, 4) is 0 Å². The van der Waals surface area contributed by atoms with Crippen LogP contribution >= 0.6 is 0 Å². The number of hydrazine groups is 1. The lowest BCUT2D eigenvalue weighted by atomic mass is 10.1. The first-order chi connectivity index (χ1) is 10.7. The van der Waals surface area contributed by atoms with E-state index in [-0.39, 0.29) is 0 Å². The van der Waals surface area contributed by atoms with Gasteiger partial charge in [0.25, 0.3) is 0 Å². The van der Waals surface area contributed by atoms with Gasteiger partial charge in [0.1, 0.15) is 6.29 Å². The Morgan fingerprint density at radius 1 is 1.05 bits per heavy atom. The fourth-order valence-corrected chi connectivity index (χ4v) is 2.44. The number of benzene rings is 2.